The van der Waals surface area contributed by atoms with Gasteiger partial charge in [0.25, 0.3) is 5.91 Å². The Morgan fingerprint density at radius 3 is 2.45 bits per heavy atom. The first-order valence-electron chi connectivity index (χ1n) is 10.8. The summed E-state index contributed by atoms with van der Waals surface area (Å²) in [7, 11) is 0. The van der Waals surface area contributed by atoms with Crippen LogP contribution < -0.4 is 5.32 Å². The third kappa shape index (κ3) is 5.29. The highest BCUT2D eigenvalue weighted by atomic mass is 19.4. The Bertz CT molecular complexity index is 898. The molecule has 1 unspecified atom stereocenters. The summed E-state index contributed by atoms with van der Waals surface area (Å²) in [6, 6.07) is 6.75. The van der Waals surface area contributed by atoms with E-state index in [9.17, 15) is 18.0 Å². The summed E-state index contributed by atoms with van der Waals surface area (Å²) >= 11 is 0. The lowest BCUT2D eigenvalue weighted by Gasteiger charge is -2.38. The monoisotopic (exact) mass is 436 g/mol. The number of rotatable bonds is 6. The van der Waals surface area contributed by atoms with Crippen LogP contribution in [0.4, 0.5) is 13.2 Å². The third-order valence-electron chi connectivity index (χ3n) is 6.15. The number of aromatic nitrogens is 2. The molecule has 0 radical (unpaired) electrons. The van der Waals surface area contributed by atoms with E-state index < -0.39 is 23.3 Å². The second-order valence-electron chi connectivity index (χ2n) is 8.84. The molecule has 1 aromatic carbocycles. The summed E-state index contributed by atoms with van der Waals surface area (Å²) < 4.78 is 42.6. The number of alkyl halides is 3. The Hall–Kier alpha value is -2.35. The average molecular weight is 437 g/mol. The van der Waals surface area contributed by atoms with Gasteiger partial charge in [-0.2, -0.15) is 18.3 Å². The van der Waals surface area contributed by atoms with Gasteiger partial charge in [-0.25, -0.2) is 4.68 Å². The van der Waals surface area contributed by atoms with E-state index in [-0.39, 0.29) is 12.0 Å². The number of nitrogens with zero attached hydrogens (tertiary/aromatic N) is 3. The van der Waals surface area contributed by atoms with Crippen LogP contribution >= 0.6 is 0 Å². The normalized spacial score (nSPS) is 17.2. The van der Waals surface area contributed by atoms with Crippen LogP contribution in [0.25, 0.3) is 5.69 Å². The van der Waals surface area contributed by atoms with Gasteiger partial charge in [0, 0.05) is 12.6 Å². The van der Waals surface area contributed by atoms with Crippen molar-refractivity contribution in [1.29, 1.82) is 0 Å². The van der Waals surface area contributed by atoms with Crippen LogP contribution in [-0.4, -0.2) is 46.3 Å². The van der Waals surface area contributed by atoms with Gasteiger partial charge in [0.1, 0.15) is 0 Å². The summed E-state index contributed by atoms with van der Waals surface area (Å²) in [5.74, 6) is 0.203. The summed E-state index contributed by atoms with van der Waals surface area (Å²) in [4.78, 5) is 15.2. The number of halogens is 3. The Morgan fingerprint density at radius 1 is 1.23 bits per heavy atom. The molecule has 1 saturated heterocycles. The maximum Gasteiger partial charge on any atom is 0.434 e. The first-order chi connectivity index (χ1) is 14.6. The number of benzene rings is 1. The lowest BCUT2D eigenvalue weighted by molar-refractivity contribution is -0.143. The Morgan fingerprint density at radius 2 is 1.87 bits per heavy atom. The van der Waals surface area contributed by atoms with E-state index in [1.54, 1.807) is 31.2 Å². The van der Waals surface area contributed by atoms with Crippen molar-refractivity contribution in [3.8, 4) is 5.69 Å². The number of amides is 1. The minimum Gasteiger partial charge on any atom is -0.350 e. The van der Waals surface area contributed by atoms with Gasteiger partial charge in [-0.1, -0.05) is 39.0 Å². The average Bonchev–Trinajstić information content (AvgIpc) is 3.15. The van der Waals surface area contributed by atoms with Crippen LogP contribution in [0.3, 0.4) is 0 Å². The van der Waals surface area contributed by atoms with Gasteiger partial charge < -0.3 is 5.32 Å². The van der Waals surface area contributed by atoms with E-state index in [0.29, 0.717) is 23.7 Å². The predicted octanol–water partition coefficient (Wildman–Crippen LogP) is 4.69. The second kappa shape index (κ2) is 9.42. The van der Waals surface area contributed by atoms with Crippen LogP contribution in [0.1, 0.15) is 55.2 Å². The zero-order chi connectivity index (χ0) is 22.8. The highest BCUT2D eigenvalue weighted by molar-refractivity contribution is 5.95. The van der Waals surface area contributed by atoms with Gasteiger partial charge in [0.05, 0.1) is 17.4 Å². The van der Waals surface area contributed by atoms with Crippen LogP contribution in [0.5, 0.6) is 0 Å². The smallest absolute Gasteiger partial charge is 0.350 e. The zero-order valence-corrected chi connectivity index (χ0v) is 18.5. The molecule has 2 aromatic rings. The van der Waals surface area contributed by atoms with E-state index in [2.05, 4.69) is 36.1 Å². The molecule has 3 rings (SSSR count). The molecular formula is C23H31F3N4O. The highest BCUT2D eigenvalue weighted by Gasteiger charge is 2.41. The molecule has 0 spiro atoms. The number of carbonyl (C=O) groups excluding carboxylic acids is 1. The standard InChI is InChI=1S/C23H31F3N4O/c1-15(2)20(29-11-9-16(3)10-12-29)14-27-22(31)18-13-28-30(21(18)23(24,25)26)19-8-6-5-7-17(19)4/h5-8,13,15-16,20H,9-12,14H2,1-4H3,(H,27,31). The fourth-order valence-electron chi connectivity index (χ4n) is 4.21. The molecule has 0 aliphatic carbocycles. The molecule has 1 amide bonds. The molecule has 2 heterocycles. The number of nitrogens with one attached hydrogen (secondary N) is 1. The Kier molecular flexibility index (Phi) is 7.09. The quantitative estimate of drug-likeness (QED) is 0.715. The molecule has 1 fully saturated rings. The van der Waals surface area contributed by atoms with Crippen LogP contribution in [0.15, 0.2) is 30.5 Å². The molecule has 31 heavy (non-hydrogen) atoms. The van der Waals surface area contributed by atoms with Crippen molar-refractivity contribution in [1.82, 2.24) is 20.0 Å². The minimum atomic E-state index is -4.72. The summed E-state index contributed by atoms with van der Waals surface area (Å²) in [5, 5.41) is 6.67. The van der Waals surface area contributed by atoms with Crippen molar-refractivity contribution in [2.24, 2.45) is 11.8 Å². The molecule has 8 heteroatoms. The number of para-hydroxylation sites is 1. The maximum atomic E-state index is 13.9. The van der Waals surface area contributed by atoms with E-state index in [1.807, 2.05) is 0 Å². The van der Waals surface area contributed by atoms with Gasteiger partial charge in [0.15, 0.2) is 5.69 Å². The lowest BCUT2D eigenvalue weighted by Crippen LogP contribution is -2.49. The van der Waals surface area contributed by atoms with E-state index >= 15 is 0 Å². The van der Waals surface area contributed by atoms with E-state index in [4.69, 9.17) is 0 Å². The van der Waals surface area contributed by atoms with Gasteiger partial charge in [-0.15, -0.1) is 0 Å². The molecule has 170 valence electrons. The van der Waals surface area contributed by atoms with Crippen molar-refractivity contribution in [2.45, 2.75) is 52.8 Å². The molecule has 0 bridgehead atoms. The van der Waals surface area contributed by atoms with Crippen molar-refractivity contribution in [3.05, 3.63) is 47.3 Å². The van der Waals surface area contributed by atoms with Gasteiger partial charge >= 0.3 is 6.18 Å². The Labute approximate surface area is 181 Å². The van der Waals surface area contributed by atoms with Crippen molar-refractivity contribution in [2.75, 3.05) is 19.6 Å². The number of carbonyl (C=O) groups is 1. The molecule has 0 saturated carbocycles. The topological polar surface area (TPSA) is 50.2 Å². The van der Waals surface area contributed by atoms with Crippen LogP contribution in [-0.2, 0) is 6.18 Å². The first-order valence-corrected chi connectivity index (χ1v) is 10.8. The molecule has 5 nitrogen and oxygen atoms in total. The number of aryl methyl sites for hydroxylation is 1. The van der Waals surface area contributed by atoms with Crippen molar-refractivity contribution >= 4 is 5.91 Å². The molecular weight excluding hydrogens is 405 g/mol. The number of hydrogen-bond acceptors (Lipinski definition) is 3. The number of likely N-dealkylation sites (tertiary alicyclic amines) is 1. The van der Waals surface area contributed by atoms with Crippen molar-refractivity contribution in [3.63, 3.8) is 0 Å². The predicted molar refractivity (Wildman–Crippen MR) is 114 cm³/mol. The minimum absolute atomic E-state index is 0.0807. The van der Waals surface area contributed by atoms with E-state index in [0.717, 1.165) is 36.8 Å². The van der Waals surface area contributed by atoms with Gasteiger partial charge in [0.2, 0.25) is 0 Å². The second-order valence-corrected chi connectivity index (χ2v) is 8.84. The highest BCUT2D eigenvalue weighted by Crippen LogP contribution is 2.34. The summed E-state index contributed by atoms with van der Waals surface area (Å²) in [5.41, 5.74) is -0.559. The summed E-state index contributed by atoms with van der Waals surface area (Å²) in [6.07, 6.45) is -1.51. The fourth-order valence-corrected chi connectivity index (χ4v) is 4.21. The SMILES string of the molecule is Cc1ccccc1-n1ncc(C(=O)NCC(C(C)C)N2CCC(C)CC2)c1C(F)(F)F. The molecule has 1 aromatic heterocycles. The Balaban J connectivity index is 1.82. The summed E-state index contributed by atoms with van der Waals surface area (Å²) in [6.45, 7) is 10.3. The maximum absolute atomic E-state index is 13.9. The van der Waals surface area contributed by atoms with Crippen molar-refractivity contribution < 1.29 is 18.0 Å². The van der Waals surface area contributed by atoms with E-state index in [1.165, 1.54) is 0 Å². The lowest BCUT2D eigenvalue weighted by atomic mass is 9.94. The fraction of sp³-hybridized carbons (Fsp3) is 0.565. The number of piperidine rings is 1. The third-order valence-corrected chi connectivity index (χ3v) is 6.15. The molecule has 1 atom stereocenters. The molecule has 1 N–H and O–H groups in total. The molecule has 1 aliphatic heterocycles. The van der Waals surface area contributed by atoms with Gasteiger partial charge in [-0.05, 0) is 56.3 Å². The number of hydrogen-bond donors (Lipinski definition) is 1. The molecule has 1 aliphatic rings. The zero-order valence-electron chi connectivity index (χ0n) is 18.5. The van der Waals surface area contributed by atoms with Crippen LogP contribution in [0.2, 0.25) is 0 Å². The van der Waals surface area contributed by atoms with Gasteiger partial charge in [-0.3, -0.25) is 9.69 Å². The first kappa shape index (κ1) is 23.3. The van der Waals surface area contributed by atoms with Crippen LogP contribution in [0, 0.1) is 18.8 Å². The largest absolute Gasteiger partial charge is 0.434 e.